The largest absolute Gasteiger partial charge is 0.357 e. The third-order valence-electron chi connectivity index (χ3n) is 3.84. The molecule has 0 unspecified atom stereocenters. The number of piperidine rings is 1. The molecule has 0 saturated carbocycles. The highest BCUT2D eigenvalue weighted by Crippen LogP contribution is 2.23. The van der Waals surface area contributed by atoms with Crippen LogP contribution in [0.3, 0.4) is 0 Å². The number of aromatic amines is 1. The van der Waals surface area contributed by atoms with Crippen LogP contribution in [-0.2, 0) is 11.3 Å². The molecule has 0 spiro atoms. The molecular weight excluding hydrogens is 224 g/mol. The van der Waals surface area contributed by atoms with E-state index in [1.807, 2.05) is 11.0 Å². The number of carbonyl (C=O) groups excluding carboxylic acids is 1. The van der Waals surface area contributed by atoms with E-state index in [1.54, 1.807) is 0 Å². The van der Waals surface area contributed by atoms with Crippen LogP contribution in [0, 0.1) is 6.92 Å². The van der Waals surface area contributed by atoms with E-state index in [0.29, 0.717) is 12.3 Å². The number of likely N-dealkylation sites (tertiary alicyclic amines) is 1. The zero-order chi connectivity index (χ0) is 12.5. The highest BCUT2D eigenvalue weighted by molar-refractivity contribution is 5.84. The Morgan fingerprint density at radius 3 is 2.89 bits per heavy atom. The fraction of sp³-hybridized carbons (Fsp3) is 0.400. The topological polar surface area (TPSA) is 36.1 Å². The zero-order valence-corrected chi connectivity index (χ0v) is 10.7. The zero-order valence-electron chi connectivity index (χ0n) is 10.7. The van der Waals surface area contributed by atoms with Gasteiger partial charge >= 0.3 is 0 Å². The molecule has 0 atom stereocenters. The number of benzene rings is 1. The van der Waals surface area contributed by atoms with E-state index in [-0.39, 0.29) is 0 Å². The van der Waals surface area contributed by atoms with Crippen molar-refractivity contribution in [2.24, 2.45) is 0 Å². The van der Waals surface area contributed by atoms with Crippen LogP contribution in [-0.4, -0.2) is 22.3 Å². The molecule has 1 N–H and O–H groups in total. The van der Waals surface area contributed by atoms with Crippen molar-refractivity contribution in [3.63, 3.8) is 0 Å². The van der Waals surface area contributed by atoms with Crippen LogP contribution in [0.4, 0.5) is 0 Å². The van der Waals surface area contributed by atoms with E-state index in [4.69, 9.17) is 0 Å². The third kappa shape index (κ3) is 1.90. The Balaban J connectivity index is 1.90. The third-order valence-corrected chi connectivity index (χ3v) is 3.84. The molecule has 0 aliphatic carbocycles. The fourth-order valence-corrected chi connectivity index (χ4v) is 2.72. The molecule has 1 amide bonds. The van der Waals surface area contributed by atoms with Gasteiger partial charge in [0.05, 0.1) is 6.54 Å². The number of hydrogen-bond acceptors (Lipinski definition) is 1. The molecule has 1 aromatic carbocycles. The van der Waals surface area contributed by atoms with Gasteiger partial charge in [0.25, 0.3) is 0 Å². The van der Waals surface area contributed by atoms with Crippen LogP contribution in [0.5, 0.6) is 0 Å². The quantitative estimate of drug-likeness (QED) is 0.863. The average Bonchev–Trinajstić information content (AvgIpc) is 2.70. The second-order valence-electron chi connectivity index (χ2n) is 5.05. The minimum Gasteiger partial charge on any atom is -0.357 e. The van der Waals surface area contributed by atoms with Gasteiger partial charge in [-0.05, 0) is 31.4 Å². The summed E-state index contributed by atoms with van der Waals surface area (Å²) in [5.74, 6) is 0.291. The molecule has 3 heteroatoms. The molecule has 1 fully saturated rings. The van der Waals surface area contributed by atoms with Crippen molar-refractivity contribution in [2.45, 2.75) is 32.7 Å². The number of aryl methyl sites for hydroxylation is 1. The standard InChI is InChI=1S/C15H18N2O/c1-11-12-6-2-3-7-13(12)16-14(11)10-17-9-5-4-8-15(17)18/h2-3,6-7,16H,4-5,8-10H2,1H3. The van der Waals surface area contributed by atoms with Gasteiger partial charge in [-0.25, -0.2) is 0 Å². The summed E-state index contributed by atoms with van der Waals surface area (Å²) in [7, 11) is 0. The van der Waals surface area contributed by atoms with Gasteiger partial charge in [0.2, 0.25) is 5.91 Å². The van der Waals surface area contributed by atoms with Gasteiger partial charge in [-0.2, -0.15) is 0 Å². The van der Waals surface area contributed by atoms with E-state index in [2.05, 4.69) is 30.1 Å². The number of aromatic nitrogens is 1. The molecule has 2 aromatic rings. The summed E-state index contributed by atoms with van der Waals surface area (Å²) in [6, 6.07) is 8.31. The Bertz CT molecular complexity index is 585. The van der Waals surface area contributed by atoms with Gasteiger partial charge in [0.15, 0.2) is 0 Å². The van der Waals surface area contributed by atoms with Crippen molar-refractivity contribution in [1.29, 1.82) is 0 Å². The van der Waals surface area contributed by atoms with Crippen molar-refractivity contribution in [2.75, 3.05) is 6.54 Å². The summed E-state index contributed by atoms with van der Waals surface area (Å²) in [6.07, 6.45) is 2.88. The first kappa shape index (κ1) is 11.3. The lowest BCUT2D eigenvalue weighted by Gasteiger charge is -2.26. The summed E-state index contributed by atoms with van der Waals surface area (Å²) in [4.78, 5) is 17.2. The lowest BCUT2D eigenvalue weighted by Crippen LogP contribution is -2.34. The van der Waals surface area contributed by atoms with Gasteiger partial charge in [-0.1, -0.05) is 18.2 Å². The fourth-order valence-electron chi connectivity index (χ4n) is 2.72. The molecule has 2 heterocycles. The molecule has 1 saturated heterocycles. The van der Waals surface area contributed by atoms with E-state index < -0.39 is 0 Å². The van der Waals surface area contributed by atoms with Gasteiger partial charge < -0.3 is 9.88 Å². The van der Waals surface area contributed by atoms with Crippen molar-refractivity contribution >= 4 is 16.8 Å². The first-order valence-electron chi connectivity index (χ1n) is 6.59. The van der Waals surface area contributed by atoms with E-state index in [0.717, 1.165) is 31.4 Å². The maximum absolute atomic E-state index is 11.8. The minimum atomic E-state index is 0.291. The molecule has 3 nitrogen and oxygen atoms in total. The molecule has 1 aliphatic rings. The number of rotatable bonds is 2. The summed E-state index contributed by atoms with van der Waals surface area (Å²) in [6.45, 7) is 3.75. The predicted molar refractivity (Wildman–Crippen MR) is 72.3 cm³/mol. The Kier molecular flexibility index (Phi) is 2.82. The number of carbonyl (C=O) groups is 1. The van der Waals surface area contributed by atoms with Gasteiger partial charge in [-0.3, -0.25) is 4.79 Å². The van der Waals surface area contributed by atoms with Crippen LogP contribution < -0.4 is 0 Å². The van der Waals surface area contributed by atoms with E-state index >= 15 is 0 Å². The Morgan fingerprint density at radius 2 is 2.11 bits per heavy atom. The van der Waals surface area contributed by atoms with Crippen LogP contribution in [0.1, 0.15) is 30.5 Å². The van der Waals surface area contributed by atoms with Gasteiger partial charge in [0.1, 0.15) is 0 Å². The molecule has 1 aromatic heterocycles. The van der Waals surface area contributed by atoms with E-state index in [9.17, 15) is 4.79 Å². The minimum absolute atomic E-state index is 0.291. The molecule has 0 radical (unpaired) electrons. The van der Waals surface area contributed by atoms with Crippen LogP contribution in [0.15, 0.2) is 24.3 Å². The van der Waals surface area contributed by atoms with Gasteiger partial charge in [0, 0.05) is 29.6 Å². The second-order valence-corrected chi connectivity index (χ2v) is 5.05. The second kappa shape index (κ2) is 4.48. The Hall–Kier alpha value is -1.77. The molecule has 1 aliphatic heterocycles. The van der Waals surface area contributed by atoms with Crippen LogP contribution >= 0.6 is 0 Å². The summed E-state index contributed by atoms with van der Waals surface area (Å²) >= 11 is 0. The van der Waals surface area contributed by atoms with Crippen molar-refractivity contribution in [3.05, 3.63) is 35.5 Å². The Labute approximate surface area is 107 Å². The van der Waals surface area contributed by atoms with Gasteiger partial charge in [-0.15, -0.1) is 0 Å². The molecule has 0 bridgehead atoms. The van der Waals surface area contributed by atoms with Crippen molar-refractivity contribution in [3.8, 4) is 0 Å². The molecular formula is C15H18N2O. The number of hydrogen-bond donors (Lipinski definition) is 1. The number of nitrogens with one attached hydrogen (secondary N) is 1. The maximum atomic E-state index is 11.8. The smallest absolute Gasteiger partial charge is 0.222 e. The highest BCUT2D eigenvalue weighted by Gasteiger charge is 2.19. The lowest BCUT2D eigenvalue weighted by molar-refractivity contribution is -0.133. The molecule has 94 valence electrons. The number of amides is 1. The molecule has 3 rings (SSSR count). The maximum Gasteiger partial charge on any atom is 0.222 e. The highest BCUT2D eigenvalue weighted by atomic mass is 16.2. The monoisotopic (exact) mass is 242 g/mol. The first-order chi connectivity index (χ1) is 8.75. The normalized spacial score (nSPS) is 16.5. The number of para-hydroxylation sites is 1. The first-order valence-corrected chi connectivity index (χ1v) is 6.59. The number of fused-ring (bicyclic) bond motifs is 1. The van der Waals surface area contributed by atoms with Crippen molar-refractivity contribution in [1.82, 2.24) is 9.88 Å². The summed E-state index contributed by atoms with van der Waals surface area (Å²) in [5, 5.41) is 1.26. The number of nitrogens with zero attached hydrogens (tertiary/aromatic N) is 1. The van der Waals surface area contributed by atoms with Crippen LogP contribution in [0.2, 0.25) is 0 Å². The lowest BCUT2D eigenvalue weighted by atomic mass is 10.1. The predicted octanol–water partition coefficient (Wildman–Crippen LogP) is 2.99. The van der Waals surface area contributed by atoms with Crippen LogP contribution in [0.25, 0.3) is 10.9 Å². The average molecular weight is 242 g/mol. The summed E-state index contributed by atoms with van der Waals surface area (Å²) in [5.41, 5.74) is 3.60. The Morgan fingerprint density at radius 1 is 1.28 bits per heavy atom. The van der Waals surface area contributed by atoms with Crippen molar-refractivity contribution < 1.29 is 4.79 Å². The van der Waals surface area contributed by atoms with E-state index in [1.165, 1.54) is 16.6 Å². The summed E-state index contributed by atoms with van der Waals surface area (Å²) < 4.78 is 0. The molecule has 18 heavy (non-hydrogen) atoms. The SMILES string of the molecule is Cc1c(CN2CCCCC2=O)[nH]c2ccccc12. The number of H-pyrrole nitrogens is 1.